The number of nitrogens with two attached hydrogens (primary N) is 1. The van der Waals surface area contributed by atoms with Gasteiger partial charge in [0, 0.05) is 12.0 Å². The molecule has 0 aliphatic carbocycles. The van der Waals surface area contributed by atoms with Crippen molar-refractivity contribution in [3.8, 4) is 0 Å². The van der Waals surface area contributed by atoms with E-state index in [1.807, 2.05) is 0 Å². The molecule has 0 aromatic heterocycles. The number of aliphatic hydroxyl groups excluding tert-OH is 1. The maximum absolute atomic E-state index is 10.8. The smallest absolute Gasteiger partial charge is 0.304 e. The Morgan fingerprint density at radius 2 is 1.37 bits per heavy atom. The minimum Gasteiger partial charge on any atom is -0.481 e. The van der Waals surface area contributed by atoms with Crippen LogP contribution in [-0.4, -0.2) is 57.7 Å². The number of carboxylic acid groups (broad SMARTS) is 3. The van der Waals surface area contributed by atoms with E-state index in [-0.39, 0.29) is 13.2 Å². The van der Waals surface area contributed by atoms with E-state index in [9.17, 15) is 14.4 Å². The van der Waals surface area contributed by atoms with E-state index in [2.05, 4.69) is 5.32 Å². The molecular weight excluding hydrogens is 260 g/mol. The highest BCUT2D eigenvalue weighted by atomic mass is 16.4. The summed E-state index contributed by atoms with van der Waals surface area (Å²) >= 11 is 0. The lowest BCUT2D eigenvalue weighted by Gasteiger charge is -2.35. The monoisotopic (exact) mass is 278 g/mol. The van der Waals surface area contributed by atoms with Crippen molar-refractivity contribution in [2.75, 3.05) is 13.2 Å². The van der Waals surface area contributed by atoms with Gasteiger partial charge in [0.15, 0.2) is 0 Å². The zero-order valence-corrected chi connectivity index (χ0v) is 10.2. The summed E-state index contributed by atoms with van der Waals surface area (Å²) in [6.07, 6.45) is -3.29. The second-order valence-corrected chi connectivity index (χ2v) is 4.23. The Kier molecular flexibility index (Phi) is 6.98. The van der Waals surface area contributed by atoms with Crippen LogP contribution in [0.25, 0.3) is 0 Å². The van der Waals surface area contributed by atoms with Crippen LogP contribution < -0.4 is 11.1 Å². The predicted octanol–water partition coefficient (Wildman–Crippen LogP) is -1.74. The van der Waals surface area contributed by atoms with E-state index in [1.165, 1.54) is 0 Å². The molecule has 9 heteroatoms. The quantitative estimate of drug-likeness (QED) is 0.254. The Labute approximate surface area is 109 Å². The number of carboxylic acids is 3. The summed E-state index contributed by atoms with van der Waals surface area (Å²) in [6.45, 7) is -0.293. The maximum Gasteiger partial charge on any atom is 0.304 e. The molecule has 0 aliphatic heterocycles. The van der Waals surface area contributed by atoms with Gasteiger partial charge in [0.25, 0.3) is 0 Å². The van der Waals surface area contributed by atoms with Gasteiger partial charge in [-0.05, 0) is 0 Å². The van der Waals surface area contributed by atoms with Gasteiger partial charge in [0.2, 0.25) is 0 Å². The molecule has 9 nitrogen and oxygen atoms in total. The molecule has 0 amide bonds. The van der Waals surface area contributed by atoms with Crippen LogP contribution in [-0.2, 0) is 14.4 Å². The third-order valence-electron chi connectivity index (χ3n) is 2.65. The third kappa shape index (κ3) is 6.13. The van der Waals surface area contributed by atoms with Crippen molar-refractivity contribution >= 4 is 17.9 Å². The predicted molar refractivity (Wildman–Crippen MR) is 62.3 cm³/mol. The molecule has 110 valence electrons. The zero-order valence-electron chi connectivity index (χ0n) is 10.2. The lowest BCUT2D eigenvalue weighted by Crippen LogP contribution is -2.55. The number of carbonyl (C=O) groups is 3. The Bertz CT molecular complexity index is 304. The molecule has 0 heterocycles. The average molecular weight is 278 g/mol. The molecule has 1 atom stereocenters. The first kappa shape index (κ1) is 17.3. The van der Waals surface area contributed by atoms with Gasteiger partial charge in [-0.1, -0.05) is 0 Å². The fraction of sp³-hybridized carbons (Fsp3) is 0.700. The molecule has 0 aromatic rings. The summed E-state index contributed by atoms with van der Waals surface area (Å²) in [7, 11) is 0. The van der Waals surface area contributed by atoms with E-state index < -0.39 is 48.8 Å². The molecule has 0 bridgehead atoms. The van der Waals surface area contributed by atoms with Crippen LogP contribution in [0.4, 0.5) is 0 Å². The Balaban J connectivity index is 5.24. The van der Waals surface area contributed by atoms with Crippen LogP contribution in [0.15, 0.2) is 0 Å². The first-order chi connectivity index (χ1) is 8.73. The molecule has 7 N–H and O–H groups in total. The standard InChI is InChI=1S/C10H18N2O7/c11-9(12-1-2-13)10(3-6(14)15,4-7(16)17)5-8(18)19/h9,12-13H,1-5,11H2,(H,14,15)(H,16,17)(H,18,19). The fourth-order valence-electron chi connectivity index (χ4n) is 1.86. The van der Waals surface area contributed by atoms with Crippen LogP contribution in [0, 0.1) is 5.41 Å². The van der Waals surface area contributed by atoms with Crippen LogP contribution >= 0.6 is 0 Å². The third-order valence-corrected chi connectivity index (χ3v) is 2.65. The first-order valence-corrected chi connectivity index (χ1v) is 5.48. The molecule has 0 aliphatic rings. The Hall–Kier alpha value is -1.71. The highest BCUT2D eigenvalue weighted by Crippen LogP contribution is 2.33. The molecule has 0 fully saturated rings. The van der Waals surface area contributed by atoms with Crippen LogP contribution in [0.3, 0.4) is 0 Å². The largest absolute Gasteiger partial charge is 0.481 e. The minimum absolute atomic E-state index is 0.00176. The summed E-state index contributed by atoms with van der Waals surface area (Å²) in [5.41, 5.74) is 4.00. The van der Waals surface area contributed by atoms with E-state index in [0.29, 0.717) is 0 Å². The SMILES string of the molecule is NC(NCCO)C(CC(=O)O)(CC(=O)O)CC(=O)O. The molecular formula is C10H18N2O7. The number of rotatable bonds is 10. The molecule has 1 unspecified atom stereocenters. The van der Waals surface area contributed by atoms with Crippen molar-refractivity contribution in [2.24, 2.45) is 11.1 Å². The highest BCUT2D eigenvalue weighted by molar-refractivity contribution is 5.76. The lowest BCUT2D eigenvalue weighted by atomic mass is 9.75. The van der Waals surface area contributed by atoms with Crippen LogP contribution in [0.2, 0.25) is 0 Å². The first-order valence-electron chi connectivity index (χ1n) is 5.48. The summed E-state index contributed by atoms with van der Waals surface area (Å²) in [5, 5.41) is 37.7. The van der Waals surface area contributed by atoms with Gasteiger partial charge < -0.3 is 26.2 Å². The van der Waals surface area contributed by atoms with Gasteiger partial charge >= 0.3 is 17.9 Å². The van der Waals surface area contributed by atoms with Gasteiger partial charge in [-0.15, -0.1) is 0 Å². The normalized spacial score (nSPS) is 12.9. The summed E-state index contributed by atoms with van der Waals surface area (Å²) in [4.78, 5) is 32.5. The number of hydrogen-bond donors (Lipinski definition) is 6. The molecule has 0 rings (SSSR count). The summed E-state index contributed by atoms with van der Waals surface area (Å²) < 4.78 is 0. The molecule has 0 spiro atoms. The second kappa shape index (κ2) is 7.67. The topological polar surface area (TPSA) is 170 Å². The van der Waals surface area contributed by atoms with Crippen molar-refractivity contribution in [2.45, 2.75) is 25.4 Å². The lowest BCUT2D eigenvalue weighted by molar-refractivity contribution is -0.149. The van der Waals surface area contributed by atoms with Gasteiger partial charge in [0.05, 0.1) is 32.0 Å². The molecule has 19 heavy (non-hydrogen) atoms. The average Bonchev–Trinajstić information content (AvgIpc) is 2.22. The number of aliphatic carboxylic acids is 3. The van der Waals surface area contributed by atoms with Gasteiger partial charge in [-0.3, -0.25) is 19.7 Å². The molecule has 0 radical (unpaired) electrons. The Morgan fingerprint density at radius 1 is 1.00 bits per heavy atom. The zero-order chi connectivity index (χ0) is 15.1. The van der Waals surface area contributed by atoms with Crippen molar-refractivity contribution in [1.82, 2.24) is 5.32 Å². The van der Waals surface area contributed by atoms with E-state index in [4.69, 9.17) is 26.2 Å². The summed E-state index contributed by atoms with van der Waals surface area (Å²) in [6, 6.07) is 0. The van der Waals surface area contributed by atoms with Gasteiger partial charge in [-0.25, -0.2) is 0 Å². The van der Waals surface area contributed by atoms with Crippen molar-refractivity contribution in [3.63, 3.8) is 0 Å². The maximum atomic E-state index is 10.8. The van der Waals surface area contributed by atoms with E-state index in [0.717, 1.165) is 0 Å². The Morgan fingerprint density at radius 3 is 1.63 bits per heavy atom. The van der Waals surface area contributed by atoms with Gasteiger partial charge in [-0.2, -0.15) is 0 Å². The number of hydrogen-bond acceptors (Lipinski definition) is 6. The van der Waals surface area contributed by atoms with Crippen molar-refractivity contribution in [3.05, 3.63) is 0 Å². The van der Waals surface area contributed by atoms with Crippen molar-refractivity contribution in [1.29, 1.82) is 0 Å². The number of aliphatic hydroxyl groups is 1. The summed E-state index contributed by atoms with van der Waals surface area (Å²) in [5.74, 6) is -4.03. The van der Waals surface area contributed by atoms with Crippen molar-refractivity contribution < 1.29 is 34.8 Å². The van der Waals surface area contributed by atoms with E-state index in [1.54, 1.807) is 0 Å². The minimum atomic E-state index is -1.67. The molecule has 0 aromatic carbocycles. The highest BCUT2D eigenvalue weighted by Gasteiger charge is 2.43. The van der Waals surface area contributed by atoms with Crippen LogP contribution in [0.5, 0.6) is 0 Å². The van der Waals surface area contributed by atoms with E-state index >= 15 is 0 Å². The molecule has 0 saturated heterocycles. The van der Waals surface area contributed by atoms with Crippen LogP contribution in [0.1, 0.15) is 19.3 Å². The number of nitrogens with one attached hydrogen (secondary N) is 1. The second-order valence-electron chi connectivity index (χ2n) is 4.23. The molecule has 0 saturated carbocycles. The van der Waals surface area contributed by atoms with Gasteiger partial charge in [0.1, 0.15) is 0 Å². The fourth-order valence-corrected chi connectivity index (χ4v) is 1.86.